The first-order valence-corrected chi connectivity index (χ1v) is 7.26. The molecule has 3 unspecified atom stereocenters. The molecule has 1 saturated heterocycles. The van der Waals surface area contributed by atoms with Crippen LogP contribution in [0.1, 0.15) is 55.4 Å². The lowest BCUT2D eigenvalue weighted by atomic mass is 9.56. The summed E-state index contributed by atoms with van der Waals surface area (Å²) in [6.45, 7) is 21.7. The van der Waals surface area contributed by atoms with E-state index in [1.807, 2.05) is 0 Å². The van der Waals surface area contributed by atoms with E-state index in [1.54, 1.807) is 0 Å². The third-order valence-electron chi connectivity index (χ3n) is 4.61. The molecule has 0 spiro atoms. The molecule has 0 aromatic rings. The zero-order chi connectivity index (χ0) is 13.4. The van der Waals surface area contributed by atoms with Gasteiger partial charge in [0.2, 0.25) is 0 Å². The largest absolute Gasteiger partial charge is 0.316 e. The van der Waals surface area contributed by atoms with Gasteiger partial charge in [-0.3, -0.25) is 0 Å². The maximum atomic E-state index is 3.67. The predicted octanol–water partition coefficient (Wildman–Crippen LogP) is 4.19. The van der Waals surface area contributed by atoms with Gasteiger partial charge in [-0.1, -0.05) is 55.4 Å². The summed E-state index contributed by atoms with van der Waals surface area (Å²) in [5, 5.41) is 3.67. The second-order valence-corrected chi connectivity index (χ2v) is 8.43. The first-order chi connectivity index (χ1) is 7.55. The highest BCUT2D eigenvalue weighted by molar-refractivity contribution is 4.96. The second kappa shape index (κ2) is 4.91. The van der Waals surface area contributed by atoms with Gasteiger partial charge < -0.3 is 5.32 Å². The van der Waals surface area contributed by atoms with Crippen LogP contribution in [0.25, 0.3) is 0 Å². The Hall–Kier alpha value is -0.0400. The quantitative estimate of drug-likeness (QED) is 0.723. The molecule has 1 nitrogen and oxygen atoms in total. The summed E-state index contributed by atoms with van der Waals surface area (Å²) in [5.74, 6) is 3.19. The van der Waals surface area contributed by atoms with Crippen LogP contribution in [0.4, 0.5) is 0 Å². The fraction of sp³-hybridized carbons (Fsp3) is 1.00. The molecule has 1 aliphatic rings. The van der Waals surface area contributed by atoms with Crippen LogP contribution in [0.3, 0.4) is 0 Å². The van der Waals surface area contributed by atoms with Crippen molar-refractivity contribution in [2.45, 2.75) is 55.4 Å². The van der Waals surface area contributed by atoms with Crippen LogP contribution in [0.5, 0.6) is 0 Å². The van der Waals surface area contributed by atoms with Gasteiger partial charge in [-0.25, -0.2) is 0 Å². The van der Waals surface area contributed by atoms with E-state index >= 15 is 0 Å². The summed E-state index contributed by atoms with van der Waals surface area (Å²) in [6, 6.07) is 0. The summed E-state index contributed by atoms with van der Waals surface area (Å²) in [4.78, 5) is 0. The second-order valence-electron chi connectivity index (χ2n) is 8.43. The first-order valence-electron chi connectivity index (χ1n) is 7.26. The molecule has 102 valence electrons. The molecule has 0 bridgehead atoms. The number of nitrogens with one attached hydrogen (secondary N) is 1. The highest BCUT2D eigenvalue weighted by Gasteiger charge is 2.45. The van der Waals surface area contributed by atoms with Crippen LogP contribution < -0.4 is 5.32 Å². The average Bonchev–Trinajstić information content (AvgIpc) is 2.13. The zero-order valence-corrected chi connectivity index (χ0v) is 13.2. The van der Waals surface area contributed by atoms with Crippen LogP contribution in [-0.2, 0) is 0 Å². The smallest absolute Gasteiger partial charge is 0.00124 e. The minimum absolute atomic E-state index is 0.401. The summed E-state index contributed by atoms with van der Waals surface area (Å²) in [7, 11) is 0. The first kappa shape index (κ1) is 15.0. The van der Waals surface area contributed by atoms with Gasteiger partial charge in [-0.05, 0) is 47.6 Å². The van der Waals surface area contributed by atoms with E-state index in [0.29, 0.717) is 10.8 Å². The molecule has 0 aliphatic carbocycles. The molecule has 3 atom stereocenters. The Labute approximate surface area is 109 Å². The third kappa shape index (κ3) is 3.47. The predicted molar refractivity (Wildman–Crippen MR) is 77.1 cm³/mol. The van der Waals surface area contributed by atoms with Crippen LogP contribution >= 0.6 is 0 Å². The van der Waals surface area contributed by atoms with E-state index in [2.05, 4.69) is 60.7 Å². The maximum absolute atomic E-state index is 3.67. The Kier molecular flexibility index (Phi) is 4.34. The summed E-state index contributed by atoms with van der Waals surface area (Å²) in [6.07, 6.45) is 0. The average molecular weight is 239 g/mol. The number of hydrogen-bond acceptors (Lipinski definition) is 1. The topological polar surface area (TPSA) is 12.0 Å². The van der Waals surface area contributed by atoms with E-state index in [-0.39, 0.29) is 0 Å². The van der Waals surface area contributed by atoms with E-state index in [9.17, 15) is 0 Å². The van der Waals surface area contributed by atoms with Gasteiger partial charge in [0.15, 0.2) is 0 Å². The minimum Gasteiger partial charge on any atom is -0.316 e. The van der Waals surface area contributed by atoms with E-state index in [4.69, 9.17) is 0 Å². The molecule has 1 heteroatoms. The van der Waals surface area contributed by atoms with Crippen molar-refractivity contribution in [2.24, 2.45) is 34.5 Å². The molecule has 1 rings (SSSR count). The number of hydrogen-bond donors (Lipinski definition) is 1. The third-order valence-corrected chi connectivity index (χ3v) is 4.61. The Morgan fingerprint density at radius 1 is 0.882 bits per heavy atom. The van der Waals surface area contributed by atoms with Gasteiger partial charge in [-0.2, -0.15) is 0 Å². The van der Waals surface area contributed by atoms with Crippen molar-refractivity contribution < 1.29 is 0 Å². The van der Waals surface area contributed by atoms with Crippen molar-refractivity contribution in [2.75, 3.05) is 13.1 Å². The Balaban J connectivity index is 3.04. The summed E-state index contributed by atoms with van der Waals surface area (Å²) < 4.78 is 0. The van der Waals surface area contributed by atoms with Gasteiger partial charge in [-0.15, -0.1) is 0 Å². The van der Waals surface area contributed by atoms with Crippen molar-refractivity contribution >= 4 is 0 Å². The molecule has 1 heterocycles. The Morgan fingerprint density at radius 2 is 1.41 bits per heavy atom. The minimum atomic E-state index is 0.401. The lowest BCUT2D eigenvalue weighted by molar-refractivity contribution is -0.0160. The maximum Gasteiger partial charge on any atom is -0.00124 e. The molecule has 0 amide bonds. The van der Waals surface area contributed by atoms with Gasteiger partial charge in [0, 0.05) is 0 Å². The van der Waals surface area contributed by atoms with Gasteiger partial charge >= 0.3 is 0 Å². The van der Waals surface area contributed by atoms with Crippen molar-refractivity contribution in [3.63, 3.8) is 0 Å². The van der Waals surface area contributed by atoms with Gasteiger partial charge in [0.05, 0.1) is 0 Å². The van der Waals surface area contributed by atoms with Crippen molar-refractivity contribution in [1.29, 1.82) is 0 Å². The van der Waals surface area contributed by atoms with Crippen LogP contribution in [0.2, 0.25) is 0 Å². The number of piperidine rings is 1. The highest BCUT2D eigenvalue weighted by atomic mass is 14.9. The molecule has 1 fully saturated rings. The molecular weight excluding hydrogens is 206 g/mol. The lowest BCUT2D eigenvalue weighted by Crippen LogP contribution is -2.53. The van der Waals surface area contributed by atoms with Gasteiger partial charge in [0.1, 0.15) is 0 Å². The normalized spacial score (nSPS) is 31.9. The van der Waals surface area contributed by atoms with Crippen LogP contribution in [0.15, 0.2) is 0 Å². The summed E-state index contributed by atoms with van der Waals surface area (Å²) in [5.41, 5.74) is 0.813. The van der Waals surface area contributed by atoms with Crippen LogP contribution in [-0.4, -0.2) is 13.1 Å². The highest BCUT2D eigenvalue weighted by Crippen LogP contribution is 2.48. The molecule has 17 heavy (non-hydrogen) atoms. The molecule has 0 radical (unpaired) electrons. The summed E-state index contributed by atoms with van der Waals surface area (Å²) >= 11 is 0. The van der Waals surface area contributed by atoms with Crippen molar-refractivity contribution in [1.82, 2.24) is 5.32 Å². The Morgan fingerprint density at radius 3 is 1.76 bits per heavy atom. The van der Waals surface area contributed by atoms with E-state index in [1.165, 1.54) is 13.1 Å². The van der Waals surface area contributed by atoms with Gasteiger partial charge in [0.25, 0.3) is 0 Å². The van der Waals surface area contributed by atoms with Crippen molar-refractivity contribution in [3.8, 4) is 0 Å². The molecule has 1 aliphatic heterocycles. The lowest BCUT2D eigenvalue weighted by Gasteiger charge is -2.52. The van der Waals surface area contributed by atoms with E-state index < -0.39 is 0 Å². The fourth-order valence-corrected chi connectivity index (χ4v) is 3.70. The molecule has 0 aromatic carbocycles. The molecular formula is C16H33N. The number of rotatable bonds is 1. The standard InChI is InChI=1S/C16H33N/c1-11(2)12-9-17-10-13(15(3,4)5)14(12)16(6,7)8/h11-14,17H,9-10H2,1-8H3. The zero-order valence-electron chi connectivity index (χ0n) is 13.2. The van der Waals surface area contributed by atoms with E-state index in [0.717, 1.165) is 23.7 Å². The molecule has 1 N–H and O–H groups in total. The fourth-order valence-electron chi connectivity index (χ4n) is 3.70. The SMILES string of the molecule is CC(C)C1CNCC(C(C)(C)C)C1C(C)(C)C. The monoisotopic (exact) mass is 239 g/mol. The molecule has 0 aromatic heterocycles. The molecule has 0 saturated carbocycles. The van der Waals surface area contributed by atoms with Crippen molar-refractivity contribution in [3.05, 3.63) is 0 Å². The Bertz CT molecular complexity index is 241. The van der Waals surface area contributed by atoms with Crippen LogP contribution in [0, 0.1) is 34.5 Å².